The van der Waals surface area contributed by atoms with Crippen LogP contribution in [0.1, 0.15) is 49.7 Å². The number of aromatic hydroxyl groups is 2. The van der Waals surface area contributed by atoms with E-state index in [-0.39, 0.29) is 41.0 Å². The lowest BCUT2D eigenvalue weighted by Crippen LogP contribution is -2.61. The lowest BCUT2D eigenvalue weighted by Gasteiger charge is -2.48. The average Bonchev–Trinajstić information content (AvgIpc) is 2.99. The standard InChI is InChI=1S/C27H37N5O5/c28-26(37)32-7-3-16(4-8-32)11-23(36)31-9-5-19(6-10-31)27(29)24-17(12-20(33)14-22(24)35)1-2-18-13-21(34)15-30-25(18)27/h12-16,19,25,30,33-35H,1-11,29H2,(H2,28,37). The zero-order valence-electron chi connectivity index (χ0n) is 21.0. The Kier molecular flexibility index (Phi) is 6.70. The Morgan fingerprint density at radius 1 is 1.00 bits per heavy atom. The van der Waals surface area contributed by atoms with Crippen LogP contribution in [0.4, 0.5) is 4.79 Å². The van der Waals surface area contributed by atoms with Gasteiger partial charge in [0.05, 0.1) is 11.6 Å². The number of urea groups is 1. The van der Waals surface area contributed by atoms with E-state index in [1.165, 1.54) is 6.07 Å². The van der Waals surface area contributed by atoms with E-state index in [1.54, 1.807) is 23.2 Å². The molecular formula is C27H37N5O5. The minimum Gasteiger partial charge on any atom is -0.508 e. The van der Waals surface area contributed by atoms with Crippen LogP contribution in [0.15, 0.2) is 35.7 Å². The van der Waals surface area contributed by atoms with E-state index >= 15 is 0 Å². The molecular weight excluding hydrogens is 474 g/mol. The maximum absolute atomic E-state index is 13.1. The Hall–Kier alpha value is -3.40. The molecule has 10 heteroatoms. The van der Waals surface area contributed by atoms with Gasteiger partial charge in [0.25, 0.3) is 0 Å². The minimum atomic E-state index is -0.997. The Balaban J connectivity index is 1.32. The molecule has 3 heterocycles. The SMILES string of the molecule is NC(=O)N1CCC(CC(=O)N2CCC(C3(N)c4c(O)cc(O)cc4CCC4=CC(O)=CNC43)CC2)CC1. The number of aliphatic hydroxyl groups excluding tert-OH is 1. The number of nitrogens with zero attached hydrogens (tertiary/aromatic N) is 2. The number of likely N-dealkylation sites (tertiary alicyclic amines) is 2. The summed E-state index contributed by atoms with van der Waals surface area (Å²) in [5, 5.41) is 34.6. The van der Waals surface area contributed by atoms with E-state index in [0.29, 0.717) is 63.8 Å². The summed E-state index contributed by atoms with van der Waals surface area (Å²) >= 11 is 0. The summed E-state index contributed by atoms with van der Waals surface area (Å²) in [5.74, 6) is 0.429. The van der Waals surface area contributed by atoms with E-state index in [1.807, 2.05) is 4.90 Å². The number of piperidine rings is 2. The van der Waals surface area contributed by atoms with Gasteiger partial charge in [0.1, 0.15) is 17.3 Å². The number of allylic oxidation sites excluding steroid dienone is 1. The minimum absolute atomic E-state index is 0.00605. The van der Waals surface area contributed by atoms with E-state index in [4.69, 9.17) is 11.5 Å². The molecule has 3 amide bonds. The quantitative estimate of drug-likeness (QED) is 0.361. The fourth-order valence-corrected chi connectivity index (χ4v) is 6.82. The summed E-state index contributed by atoms with van der Waals surface area (Å²) in [7, 11) is 0. The number of hydrogen-bond donors (Lipinski definition) is 6. The fraction of sp³-hybridized carbons (Fsp3) is 0.556. The van der Waals surface area contributed by atoms with Gasteiger partial charge in [-0.15, -0.1) is 0 Å². The van der Waals surface area contributed by atoms with Crippen molar-refractivity contribution in [1.82, 2.24) is 15.1 Å². The molecule has 2 fully saturated rings. The van der Waals surface area contributed by atoms with Gasteiger partial charge >= 0.3 is 6.03 Å². The highest BCUT2D eigenvalue weighted by atomic mass is 16.3. The number of nitrogens with one attached hydrogen (secondary N) is 1. The van der Waals surface area contributed by atoms with Crippen LogP contribution in [0.3, 0.4) is 0 Å². The molecule has 0 saturated carbocycles. The van der Waals surface area contributed by atoms with Crippen molar-refractivity contribution < 1.29 is 24.9 Å². The van der Waals surface area contributed by atoms with Gasteiger partial charge in [-0.2, -0.15) is 0 Å². The first-order valence-electron chi connectivity index (χ1n) is 13.2. The number of fused-ring (bicyclic) bond motifs is 2. The third-order valence-electron chi connectivity index (χ3n) is 8.79. The first-order valence-corrected chi connectivity index (χ1v) is 13.2. The smallest absolute Gasteiger partial charge is 0.314 e. The highest BCUT2D eigenvalue weighted by Crippen LogP contribution is 2.49. The van der Waals surface area contributed by atoms with Crippen LogP contribution in [-0.2, 0) is 16.8 Å². The van der Waals surface area contributed by atoms with Gasteiger partial charge in [-0.1, -0.05) is 0 Å². The number of carbonyl (C=O) groups is 2. The number of nitrogens with two attached hydrogens (primary N) is 2. The van der Waals surface area contributed by atoms with E-state index in [2.05, 4.69) is 5.32 Å². The molecule has 37 heavy (non-hydrogen) atoms. The van der Waals surface area contributed by atoms with Crippen molar-refractivity contribution in [3.8, 4) is 11.5 Å². The van der Waals surface area contributed by atoms with E-state index < -0.39 is 11.6 Å². The van der Waals surface area contributed by atoms with Crippen molar-refractivity contribution in [3.63, 3.8) is 0 Å². The van der Waals surface area contributed by atoms with E-state index in [0.717, 1.165) is 24.0 Å². The summed E-state index contributed by atoms with van der Waals surface area (Å²) < 4.78 is 0. The molecule has 0 radical (unpaired) electrons. The Labute approximate surface area is 216 Å². The molecule has 0 bridgehead atoms. The zero-order valence-corrected chi connectivity index (χ0v) is 21.0. The molecule has 8 N–H and O–H groups in total. The second-order valence-electron chi connectivity index (χ2n) is 10.9. The Morgan fingerprint density at radius 2 is 1.68 bits per heavy atom. The highest BCUT2D eigenvalue weighted by molar-refractivity contribution is 5.76. The van der Waals surface area contributed by atoms with Gasteiger partial charge in [-0.3, -0.25) is 4.79 Å². The normalized spacial score (nSPS) is 26.8. The zero-order chi connectivity index (χ0) is 26.3. The molecule has 10 nitrogen and oxygen atoms in total. The first kappa shape index (κ1) is 25.3. The van der Waals surface area contributed by atoms with Crippen LogP contribution < -0.4 is 16.8 Å². The molecule has 2 atom stereocenters. The number of phenols is 2. The number of aliphatic hydroxyl groups is 1. The molecule has 1 aromatic rings. The van der Waals surface area contributed by atoms with Crippen LogP contribution in [-0.4, -0.2) is 69.3 Å². The average molecular weight is 512 g/mol. The number of phenolic OH excluding ortho intramolecular Hbond substituents is 2. The molecule has 0 spiro atoms. The number of aryl methyl sites for hydroxylation is 1. The molecule has 4 aliphatic rings. The molecule has 200 valence electrons. The number of primary amides is 1. The second kappa shape index (κ2) is 9.81. The summed E-state index contributed by atoms with van der Waals surface area (Å²) in [6.07, 6.45) is 7.87. The van der Waals surface area contributed by atoms with Gasteiger partial charge in [0.2, 0.25) is 5.91 Å². The summed E-state index contributed by atoms with van der Waals surface area (Å²) in [6, 6.07) is 2.28. The number of hydrogen-bond acceptors (Lipinski definition) is 7. The van der Waals surface area contributed by atoms with Crippen molar-refractivity contribution in [3.05, 3.63) is 46.9 Å². The predicted molar refractivity (Wildman–Crippen MR) is 137 cm³/mol. The van der Waals surface area contributed by atoms with Crippen LogP contribution >= 0.6 is 0 Å². The second-order valence-corrected chi connectivity index (χ2v) is 10.9. The molecule has 5 rings (SSSR count). The molecule has 1 aromatic carbocycles. The highest BCUT2D eigenvalue weighted by Gasteiger charge is 2.50. The molecule has 0 aromatic heterocycles. The van der Waals surface area contributed by atoms with Crippen LogP contribution in [0.5, 0.6) is 11.5 Å². The van der Waals surface area contributed by atoms with E-state index in [9.17, 15) is 24.9 Å². The number of carbonyl (C=O) groups excluding carboxylic acids is 2. The third-order valence-corrected chi connectivity index (χ3v) is 8.79. The maximum atomic E-state index is 13.1. The number of dihydropyridines is 1. The van der Waals surface area contributed by atoms with Gasteiger partial charge < -0.3 is 41.9 Å². The predicted octanol–water partition coefficient (Wildman–Crippen LogP) is 1.92. The number of amides is 3. The number of benzene rings is 1. The van der Waals surface area contributed by atoms with Gasteiger partial charge in [-0.25, -0.2) is 4.79 Å². The first-order chi connectivity index (χ1) is 17.7. The van der Waals surface area contributed by atoms with Crippen molar-refractivity contribution >= 4 is 11.9 Å². The van der Waals surface area contributed by atoms with Crippen molar-refractivity contribution in [2.24, 2.45) is 23.3 Å². The van der Waals surface area contributed by atoms with Crippen LogP contribution in [0.25, 0.3) is 0 Å². The lowest BCUT2D eigenvalue weighted by molar-refractivity contribution is -0.134. The monoisotopic (exact) mass is 511 g/mol. The molecule has 2 saturated heterocycles. The van der Waals surface area contributed by atoms with Crippen LogP contribution in [0, 0.1) is 11.8 Å². The van der Waals surface area contributed by atoms with Crippen molar-refractivity contribution in [1.29, 1.82) is 0 Å². The summed E-state index contributed by atoms with van der Waals surface area (Å²) in [6.45, 7) is 2.34. The largest absolute Gasteiger partial charge is 0.508 e. The summed E-state index contributed by atoms with van der Waals surface area (Å²) in [4.78, 5) is 28.0. The van der Waals surface area contributed by atoms with Crippen molar-refractivity contribution in [2.45, 2.75) is 56.5 Å². The molecule has 3 aliphatic heterocycles. The lowest BCUT2D eigenvalue weighted by atomic mass is 9.67. The third kappa shape index (κ3) is 4.70. The molecule has 1 aliphatic carbocycles. The fourth-order valence-electron chi connectivity index (χ4n) is 6.82. The Morgan fingerprint density at radius 3 is 2.35 bits per heavy atom. The number of rotatable bonds is 3. The van der Waals surface area contributed by atoms with Crippen LogP contribution in [0.2, 0.25) is 0 Å². The van der Waals surface area contributed by atoms with Gasteiger partial charge in [0.15, 0.2) is 0 Å². The summed E-state index contributed by atoms with van der Waals surface area (Å²) in [5.41, 5.74) is 14.1. The maximum Gasteiger partial charge on any atom is 0.314 e. The van der Waals surface area contributed by atoms with Gasteiger partial charge in [-0.05, 0) is 73.6 Å². The molecule has 2 unspecified atom stereocenters. The van der Waals surface area contributed by atoms with Gasteiger partial charge in [0, 0.05) is 50.4 Å². The Bertz CT molecular complexity index is 1130. The van der Waals surface area contributed by atoms with Crippen molar-refractivity contribution in [2.75, 3.05) is 26.2 Å². The topological polar surface area (TPSA) is 165 Å².